The van der Waals surface area contributed by atoms with Crippen molar-refractivity contribution < 1.29 is 23.9 Å². The number of aromatic nitrogens is 3. The van der Waals surface area contributed by atoms with Crippen LogP contribution in [0.2, 0.25) is 0 Å². The number of fused-ring (bicyclic) bond motifs is 1. The molecule has 292 valence electrons. The standard InChI is InChI=1S/C44H46N8O5/c1-29-14-16-32(17-15-29)52-40(27-38(50-52)44(2,3)4)49-42(54)47-36-18-19-37(35-13-9-8-12-34(35)36)57-33-20-23-45-39(26-33)48-41(53)46-31-21-24-51(25-22-31)43(55)56-28-30-10-6-5-7-11-30/h5-20,23,26-27,31H,21-22,24-25,28H2,1-4H3,(H2,47,49,54)(H2,45,46,48,53). The largest absolute Gasteiger partial charge is 0.457 e. The fourth-order valence-corrected chi connectivity index (χ4v) is 6.48. The highest BCUT2D eigenvalue weighted by Gasteiger charge is 2.25. The molecule has 4 N–H and O–H groups in total. The van der Waals surface area contributed by atoms with E-state index in [0.717, 1.165) is 33.3 Å². The molecule has 0 atom stereocenters. The third-order valence-corrected chi connectivity index (χ3v) is 9.62. The molecule has 1 aliphatic rings. The molecule has 1 saturated heterocycles. The van der Waals surface area contributed by atoms with Crippen molar-refractivity contribution >= 4 is 46.3 Å². The number of urea groups is 2. The molecule has 6 aromatic rings. The molecule has 2 aromatic heterocycles. The van der Waals surface area contributed by atoms with Crippen molar-refractivity contribution in [2.24, 2.45) is 0 Å². The van der Waals surface area contributed by atoms with Gasteiger partial charge in [-0.2, -0.15) is 5.10 Å². The van der Waals surface area contributed by atoms with Crippen LogP contribution >= 0.6 is 0 Å². The summed E-state index contributed by atoms with van der Waals surface area (Å²) in [5.41, 5.74) is 4.10. The lowest BCUT2D eigenvalue weighted by molar-refractivity contribution is 0.0860. The average molecular weight is 767 g/mol. The second-order valence-electron chi connectivity index (χ2n) is 15.0. The first-order chi connectivity index (χ1) is 27.5. The normalized spacial score (nSPS) is 13.2. The number of nitrogens with zero attached hydrogens (tertiary/aromatic N) is 4. The molecule has 57 heavy (non-hydrogen) atoms. The highest BCUT2D eigenvalue weighted by Crippen LogP contribution is 2.35. The summed E-state index contributed by atoms with van der Waals surface area (Å²) >= 11 is 0. The van der Waals surface area contributed by atoms with Gasteiger partial charge in [-0.25, -0.2) is 24.0 Å². The number of likely N-dealkylation sites (tertiary alicyclic amines) is 1. The molecular formula is C44H46N8O5. The van der Waals surface area contributed by atoms with Gasteiger partial charge in [0.2, 0.25) is 0 Å². The second-order valence-corrected chi connectivity index (χ2v) is 15.0. The second kappa shape index (κ2) is 16.9. The molecular weight excluding hydrogens is 721 g/mol. The van der Waals surface area contributed by atoms with Crippen molar-refractivity contribution in [3.8, 4) is 17.2 Å². The highest BCUT2D eigenvalue weighted by atomic mass is 16.6. The Bertz CT molecular complexity index is 2360. The van der Waals surface area contributed by atoms with E-state index in [1.54, 1.807) is 40.0 Å². The van der Waals surface area contributed by atoms with Crippen molar-refractivity contribution in [1.82, 2.24) is 25.0 Å². The SMILES string of the molecule is Cc1ccc(-n2nc(C(C)(C)C)cc2NC(=O)Nc2ccc(Oc3ccnc(NC(=O)NC4CCN(C(=O)OCc5ccccc5)CC4)c3)c3ccccc23)cc1. The number of rotatable bonds is 9. The molecule has 0 radical (unpaired) electrons. The summed E-state index contributed by atoms with van der Waals surface area (Å²) < 4.78 is 13.5. The van der Waals surface area contributed by atoms with Crippen LogP contribution in [0.25, 0.3) is 16.5 Å². The minimum atomic E-state index is -0.419. The third kappa shape index (κ3) is 9.68. The van der Waals surface area contributed by atoms with Crippen LogP contribution in [-0.2, 0) is 16.8 Å². The average Bonchev–Trinajstić information content (AvgIpc) is 3.63. The first-order valence-corrected chi connectivity index (χ1v) is 18.9. The summed E-state index contributed by atoms with van der Waals surface area (Å²) in [6.07, 6.45) is 2.39. The van der Waals surface area contributed by atoms with E-state index in [4.69, 9.17) is 14.6 Å². The number of aryl methyl sites for hydroxylation is 1. The van der Waals surface area contributed by atoms with E-state index >= 15 is 0 Å². The quantitative estimate of drug-likeness (QED) is 0.114. The van der Waals surface area contributed by atoms with Gasteiger partial charge in [0, 0.05) is 53.6 Å². The van der Waals surface area contributed by atoms with Gasteiger partial charge in [0.1, 0.15) is 29.7 Å². The van der Waals surface area contributed by atoms with Crippen molar-refractivity contribution in [3.63, 3.8) is 0 Å². The number of piperidine rings is 1. The van der Waals surface area contributed by atoms with Crippen molar-refractivity contribution in [3.05, 3.63) is 132 Å². The molecule has 4 aromatic carbocycles. The van der Waals surface area contributed by atoms with Crippen LogP contribution in [-0.4, -0.2) is 57.0 Å². The molecule has 7 rings (SSSR count). The third-order valence-electron chi connectivity index (χ3n) is 9.62. The van der Waals surface area contributed by atoms with Gasteiger partial charge >= 0.3 is 18.2 Å². The van der Waals surface area contributed by atoms with E-state index in [2.05, 4.69) is 47.0 Å². The van der Waals surface area contributed by atoms with E-state index < -0.39 is 12.1 Å². The Labute approximate surface area is 331 Å². The Balaban J connectivity index is 0.960. The fraction of sp³-hybridized carbons (Fsp3) is 0.250. The van der Waals surface area contributed by atoms with Gasteiger partial charge in [0.05, 0.1) is 17.1 Å². The van der Waals surface area contributed by atoms with Crippen LogP contribution < -0.4 is 26.0 Å². The molecule has 0 spiro atoms. The number of nitrogens with one attached hydrogen (secondary N) is 4. The van der Waals surface area contributed by atoms with Gasteiger partial charge in [0.15, 0.2) is 0 Å². The van der Waals surface area contributed by atoms with Gasteiger partial charge in [-0.1, -0.05) is 93.1 Å². The summed E-state index contributed by atoms with van der Waals surface area (Å²) in [5.74, 6) is 1.87. The molecule has 0 aliphatic carbocycles. The molecule has 1 aliphatic heterocycles. The number of hydrogen-bond donors (Lipinski definition) is 4. The molecule has 5 amide bonds. The Morgan fingerprint density at radius 3 is 2.25 bits per heavy atom. The van der Waals surface area contributed by atoms with Crippen LogP contribution in [0, 0.1) is 6.92 Å². The fourth-order valence-electron chi connectivity index (χ4n) is 6.48. The number of amides is 5. The smallest absolute Gasteiger partial charge is 0.410 e. The van der Waals surface area contributed by atoms with Crippen molar-refractivity contribution in [2.75, 3.05) is 29.0 Å². The van der Waals surface area contributed by atoms with Crippen molar-refractivity contribution in [1.29, 1.82) is 0 Å². The molecule has 0 unspecified atom stereocenters. The summed E-state index contributed by atoms with van der Waals surface area (Å²) in [5, 5.41) is 18.2. The summed E-state index contributed by atoms with van der Waals surface area (Å²) in [6, 6.07) is 33.0. The topological polar surface area (TPSA) is 152 Å². The molecule has 13 heteroatoms. The number of carbonyl (C=O) groups excluding carboxylic acids is 3. The van der Waals surface area contributed by atoms with Crippen LogP contribution in [0.3, 0.4) is 0 Å². The Morgan fingerprint density at radius 2 is 1.51 bits per heavy atom. The Hall–Kier alpha value is -6.89. The number of benzene rings is 4. The zero-order valence-corrected chi connectivity index (χ0v) is 32.4. The maximum atomic E-state index is 13.5. The van der Waals surface area contributed by atoms with E-state index in [1.165, 1.54) is 0 Å². The minimum absolute atomic E-state index is 0.112. The molecule has 0 bridgehead atoms. The highest BCUT2D eigenvalue weighted by molar-refractivity contribution is 6.07. The van der Waals surface area contributed by atoms with Crippen LogP contribution in [0.15, 0.2) is 115 Å². The molecule has 3 heterocycles. The van der Waals surface area contributed by atoms with Crippen LogP contribution in [0.4, 0.5) is 31.7 Å². The van der Waals surface area contributed by atoms with Gasteiger partial charge in [-0.3, -0.25) is 10.6 Å². The zero-order valence-electron chi connectivity index (χ0n) is 32.4. The Morgan fingerprint density at radius 1 is 0.789 bits per heavy atom. The maximum absolute atomic E-state index is 13.5. The number of anilines is 3. The zero-order chi connectivity index (χ0) is 39.9. The molecule has 0 saturated carbocycles. The maximum Gasteiger partial charge on any atom is 0.410 e. The van der Waals surface area contributed by atoms with Gasteiger partial charge in [-0.15, -0.1) is 0 Å². The van der Waals surface area contributed by atoms with Crippen LogP contribution in [0.1, 0.15) is 50.4 Å². The van der Waals surface area contributed by atoms with Crippen molar-refractivity contribution in [2.45, 2.75) is 58.6 Å². The summed E-state index contributed by atoms with van der Waals surface area (Å²) in [4.78, 5) is 44.9. The van der Waals surface area contributed by atoms with E-state index in [9.17, 15) is 14.4 Å². The van der Waals surface area contributed by atoms with E-state index in [-0.39, 0.29) is 24.2 Å². The van der Waals surface area contributed by atoms with E-state index in [0.29, 0.717) is 54.8 Å². The monoisotopic (exact) mass is 766 g/mol. The predicted octanol–water partition coefficient (Wildman–Crippen LogP) is 9.39. The molecule has 13 nitrogen and oxygen atoms in total. The number of hydrogen-bond acceptors (Lipinski definition) is 7. The first-order valence-electron chi connectivity index (χ1n) is 18.9. The Kier molecular flexibility index (Phi) is 11.4. The minimum Gasteiger partial charge on any atom is -0.457 e. The van der Waals surface area contributed by atoms with Gasteiger partial charge in [-0.05, 0) is 55.7 Å². The lowest BCUT2D eigenvalue weighted by Gasteiger charge is -2.31. The van der Waals surface area contributed by atoms with Gasteiger partial charge in [0.25, 0.3) is 0 Å². The van der Waals surface area contributed by atoms with Crippen LogP contribution in [0.5, 0.6) is 11.5 Å². The number of ether oxygens (including phenoxy) is 2. The van der Waals surface area contributed by atoms with Gasteiger partial charge < -0.3 is 25.0 Å². The summed E-state index contributed by atoms with van der Waals surface area (Å²) in [6.45, 7) is 9.44. The summed E-state index contributed by atoms with van der Waals surface area (Å²) in [7, 11) is 0. The lowest BCUT2D eigenvalue weighted by atomic mass is 9.92. The predicted molar refractivity (Wildman–Crippen MR) is 221 cm³/mol. The first kappa shape index (κ1) is 38.4. The number of carbonyl (C=O) groups is 3. The molecule has 1 fully saturated rings. The van der Waals surface area contributed by atoms with E-state index in [1.807, 2.05) is 91.9 Å². The lowest BCUT2D eigenvalue weighted by Crippen LogP contribution is -2.47. The number of pyridine rings is 1.